The maximum absolute atomic E-state index is 13.1. The van der Waals surface area contributed by atoms with Crippen LogP contribution in [0.3, 0.4) is 0 Å². The van der Waals surface area contributed by atoms with E-state index in [0.717, 1.165) is 0 Å². The molecule has 1 aromatic carbocycles. The summed E-state index contributed by atoms with van der Waals surface area (Å²) in [6.07, 6.45) is -0.529. The first-order chi connectivity index (χ1) is 9.81. The minimum atomic E-state index is -1.71. The highest BCUT2D eigenvalue weighted by atomic mass is 19.2. The zero-order valence-corrected chi connectivity index (χ0v) is 10.4. The molecule has 1 fully saturated rings. The molecule has 9 heteroatoms. The maximum atomic E-state index is 13.1. The second kappa shape index (κ2) is 5.43. The van der Waals surface area contributed by atoms with Gasteiger partial charge in [-0.05, 0) is 6.42 Å². The van der Waals surface area contributed by atoms with Crippen LogP contribution >= 0.6 is 0 Å². The molecule has 2 N–H and O–H groups in total. The summed E-state index contributed by atoms with van der Waals surface area (Å²) in [4.78, 5) is 34.5. The van der Waals surface area contributed by atoms with Crippen LogP contribution in [-0.4, -0.2) is 29.1 Å². The highest BCUT2D eigenvalue weighted by Gasteiger charge is 2.39. The lowest BCUT2D eigenvalue weighted by Crippen LogP contribution is -2.31. The van der Waals surface area contributed by atoms with Crippen LogP contribution in [0, 0.1) is 17.5 Å². The molecule has 0 aromatic heterocycles. The van der Waals surface area contributed by atoms with Crippen LogP contribution in [0.15, 0.2) is 12.1 Å². The van der Waals surface area contributed by atoms with E-state index in [-0.39, 0.29) is 12.8 Å². The minimum Gasteiger partial charge on any atom is -0.481 e. The van der Waals surface area contributed by atoms with Gasteiger partial charge in [-0.1, -0.05) is 0 Å². The van der Waals surface area contributed by atoms with E-state index in [1.807, 2.05) is 0 Å². The molecule has 1 heterocycles. The number of aliphatic carboxylic acids is 1. The highest BCUT2D eigenvalue weighted by Crippen LogP contribution is 2.25. The fourth-order valence-electron chi connectivity index (χ4n) is 1.91. The Morgan fingerprint density at radius 1 is 1.24 bits per heavy atom. The number of hydrogen-bond donors (Lipinski definition) is 2. The van der Waals surface area contributed by atoms with Gasteiger partial charge in [-0.3, -0.25) is 9.59 Å². The second-order valence-electron chi connectivity index (χ2n) is 4.33. The molecule has 1 unspecified atom stereocenters. The number of carbonyl (C=O) groups is 3. The van der Waals surface area contributed by atoms with Crippen LogP contribution in [0.1, 0.15) is 12.8 Å². The standard InChI is InChI=1S/C12H9F3N2O4/c13-6-3-5(4-7(14)10(6)15)17-11(20)8(16-12(17)21)1-2-9(18)19/h3-4,8H,1-2H2,(H,16,21)(H,18,19). The first-order valence-electron chi connectivity index (χ1n) is 5.82. The average Bonchev–Trinajstić information content (AvgIpc) is 2.68. The first kappa shape index (κ1) is 14.8. The van der Waals surface area contributed by atoms with Gasteiger partial charge in [0.25, 0.3) is 5.91 Å². The van der Waals surface area contributed by atoms with Gasteiger partial charge in [-0.25, -0.2) is 22.9 Å². The van der Waals surface area contributed by atoms with Gasteiger partial charge in [0, 0.05) is 18.6 Å². The van der Waals surface area contributed by atoms with Gasteiger partial charge < -0.3 is 10.4 Å². The van der Waals surface area contributed by atoms with Gasteiger partial charge >= 0.3 is 12.0 Å². The molecule has 1 saturated heterocycles. The van der Waals surface area contributed by atoms with Crippen molar-refractivity contribution < 1.29 is 32.7 Å². The zero-order chi connectivity index (χ0) is 15.7. The Kier molecular flexibility index (Phi) is 3.83. The van der Waals surface area contributed by atoms with E-state index in [1.54, 1.807) is 0 Å². The number of benzene rings is 1. The van der Waals surface area contributed by atoms with Crippen LogP contribution in [-0.2, 0) is 9.59 Å². The van der Waals surface area contributed by atoms with Crippen molar-refractivity contribution in [3.8, 4) is 0 Å². The van der Waals surface area contributed by atoms with Crippen LogP contribution in [0.25, 0.3) is 0 Å². The summed E-state index contributed by atoms with van der Waals surface area (Å²) in [7, 11) is 0. The van der Waals surface area contributed by atoms with Gasteiger partial charge in [0.05, 0.1) is 5.69 Å². The molecule has 1 aliphatic heterocycles. The molecule has 112 valence electrons. The third kappa shape index (κ3) is 2.81. The van der Waals surface area contributed by atoms with Crippen molar-refractivity contribution in [3.05, 3.63) is 29.6 Å². The minimum absolute atomic E-state index is 0.164. The van der Waals surface area contributed by atoms with Gasteiger partial charge in [-0.2, -0.15) is 0 Å². The van der Waals surface area contributed by atoms with E-state index in [4.69, 9.17) is 5.11 Å². The molecule has 3 amide bonds. The molecule has 0 radical (unpaired) electrons. The number of carboxylic acid groups (broad SMARTS) is 1. The predicted octanol–water partition coefficient (Wildman–Crippen LogP) is 1.39. The van der Waals surface area contributed by atoms with Crippen molar-refractivity contribution in [2.45, 2.75) is 18.9 Å². The summed E-state index contributed by atoms with van der Waals surface area (Å²) < 4.78 is 39.1. The van der Waals surface area contributed by atoms with E-state index < -0.39 is 47.1 Å². The Morgan fingerprint density at radius 3 is 2.33 bits per heavy atom. The van der Waals surface area contributed by atoms with Gasteiger partial charge in [0.15, 0.2) is 17.5 Å². The fraction of sp³-hybridized carbons (Fsp3) is 0.250. The Balaban J connectivity index is 2.26. The van der Waals surface area contributed by atoms with Crippen molar-refractivity contribution >= 4 is 23.6 Å². The molecule has 2 rings (SSSR count). The zero-order valence-electron chi connectivity index (χ0n) is 10.4. The van der Waals surface area contributed by atoms with Gasteiger partial charge in [-0.15, -0.1) is 0 Å². The molecule has 0 spiro atoms. The Hall–Kier alpha value is -2.58. The third-order valence-corrected chi connectivity index (χ3v) is 2.89. The average molecular weight is 302 g/mol. The first-order valence-corrected chi connectivity index (χ1v) is 5.82. The summed E-state index contributed by atoms with van der Waals surface area (Å²) in [5, 5.41) is 10.7. The highest BCUT2D eigenvalue weighted by molar-refractivity contribution is 6.21. The predicted molar refractivity (Wildman–Crippen MR) is 63.0 cm³/mol. The lowest BCUT2D eigenvalue weighted by Gasteiger charge is -2.13. The van der Waals surface area contributed by atoms with Gasteiger partial charge in [0.2, 0.25) is 0 Å². The molecule has 0 saturated carbocycles. The molecule has 21 heavy (non-hydrogen) atoms. The largest absolute Gasteiger partial charge is 0.481 e. The summed E-state index contributed by atoms with van der Waals surface area (Å²) in [5.74, 6) is -6.81. The number of anilines is 1. The molecule has 6 nitrogen and oxygen atoms in total. The number of rotatable bonds is 4. The molecule has 1 atom stereocenters. The van der Waals surface area contributed by atoms with Crippen LogP contribution in [0.4, 0.5) is 23.7 Å². The monoisotopic (exact) mass is 302 g/mol. The Morgan fingerprint density at radius 2 is 1.81 bits per heavy atom. The summed E-state index contributed by atoms with van der Waals surface area (Å²) >= 11 is 0. The van der Waals surface area contributed by atoms with Crippen LogP contribution < -0.4 is 10.2 Å². The number of hydrogen-bond acceptors (Lipinski definition) is 3. The number of amides is 3. The van der Waals surface area contributed by atoms with E-state index >= 15 is 0 Å². The lowest BCUT2D eigenvalue weighted by atomic mass is 10.1. The Bertz CT molecular complexity index is 612. The molecule has 0 aliphatic carbocycles. The second-order valence-corrected chi connectivity index (χ2v) is 4.33. The van der Waals surface area contributed by atoms with E-state index in [1.165, 1.54) is 0 Å². The quantitative estimate of drug-likeness (QED) is 0.650. The smallest absolute Gasteiger partial charge is 0.329 e. The number of urea groups is 1. The van der Waals surface area contributed by atoms with Crippen molar-refractivity contribution in [1.82, 2.24) is 5.32 Å². The maximum Gasteiger partial charge on any atom is 0.329 e. The SMILES string of the molecule is O=C(O)CCC1NC(=O)N(c2cc(F)c(F)c(F)c2)C1=O. The molecular formula is C12H9F3N2O4. The third-order valence-electron chi connectivity index (χ3n) is 2.89. The topological polar surface area (TPSA) is 86.7 Å². The van der Waals surface area contributed by atoms with Crippen molar-refractivity contribution in [2.75, 3.05) is 4.90 Å². The van der Waals surface area contributed by atoms with Crippen LogP contribution in [0.5, 0.6) is 0 Å². The van der Waals surface area contributed by atoms with E-state index in [0.29, 0.717) is 17.0 Å². The van der Waals surface area contributed by atoms with E-state index in [2.05, 4.69) is 5.32 Å². The molecule has 1 aliphatic rings. The normalized spacial score (nSPS) is 18.0. The number of halogens is 3. The number of nitrogens with zero attached hydrogens (tertiary/aromatic N) is 1. The number of nitrogens with one attached hydrogen (secondary N) is 1. The number of carbonyl (C=O) groups excluding carboxylic acids is 2. The summed E-state index contributed by atoms with van der Waals surface area (Å²) in [6.45, 7) is 0. The lowest BCUT2D eigenvalue weighted by molar-refractivity contribution is -0.137. The fourth-order valence-corrected chi connectivity index (χ4v) is 1.91. The van der Waals surface area contributed by atoms with Crippen molar-refractivity contribution in [3.63, 3.8) is 0 Å². The van der Waals surface area contributed by atoms with Crippen molar-refractivity contribution in [2.24, 2.45) is 0 Å². The molecule has 0 bridgehead atoms. The Labute approximate surface area is 116 Å². The van der Waals surface area contributed by atoms with Crippen LogP contribution in [0.2, 0.25) is 0 Å². The number of imide groups is 1. The van der Waals surface area contributed by atoms with Crippen molar-refractivity contribution in [1.29, 1.82) is 0 Å². The molecule has 1 aromatic rings. The molecular weight excluding hydrogens is 293 g/mol. The van der Waals surface area contributed by atoms with E-state index in [9.17, 15) is 27.6 Å². The van der Waals surface area contributed by atoms with Gasteiger partial charge in [0.1, 0.15) is 6.04 Å². The number of carboxylic acids is 1. The summed E-state index contributed by atoms with van der Waals surface area (Å²) in [6, 6.07) is -1.05. The summed E-state index contributed by atoms with van der Waals surface area (Å²) in [5.41, 5.74) is -0.466.